The molecule has 1 heterocycles. The first kappa shape index (κ1) is 16.4. The minimum Gasteiger partial charge on any atom is -0.480 e. The lowest BCUT2D eigenvalue weighted by Crippen LogP contribution is -2.62. The molecule has 1 saturated heterocycles. The van der Waals surface area contributed by atoms with Gasteiger partial charge in [-0.15, -0.1) is 0 Å². The van der Waals surface area contributed by atoms with Gasteiger partial charge < -0.3 is 9.84 Å². The summed E-state index contributed by atoms with van der Waals surface area (Å²) < 4.78 is 28.4. The number of aliphatic carboxylic acids is 1. The summed E-state index contributed by atoms with van der Waals surface area (Å²) in [6, 6.07) is 0. The summed E-state index contributed by atoms with van der Waals surface area (Å²) >= 11 is 0. The molecule has 1 rings (SSSR count). The summed E-state index contributed by atoms with van der Waals surface area (Å²) in [7, 11) is -3.11. The fourth-order valence-corrected chi connectivity index (χ4v) is 3.05. The molecule has 1 aliphatic heterocycles. The van der Waals surface area contributed by atoms with Crippen molar-refractivity contribution in [3.8, 4) is 0 Å². The first-order valence-electron chi connectivity index (χ1n) is 6.26. The lowest BCUT2D eigenvalue weighted by atomic mass is 9.97. The Kier molecular flexibility index (Phi) is 4.64. The monoisotopic (exact) mass is 293 g/mol. The fraction of sp³-hybridized carbons (Fsp3) is 0.917. The summed E-state index contributed by atoms with van der Waals surface area (Å²) in [5, 5.41) is 8.54. The van der Waals surface area contributed by atoms with Crippen LogP contribution in [0, 0.1) is 0 Å². The van der Waals surface area contributed by atoms with E-state index in [2.05, 4.69) is 0 Å². The molecule has 1 fully saturated rings. The number of ether oxygens (including phenoxy) is 1. The highest BCUT2D eigenvalue weighted by Crippen LogP contribution is 2.25. The molecule has 1 aliphatic rings. The van der Waals surface area contributed by atoms with Crippen molar-refractivity contribution >= 4 is 15.8 Å². The van der Waals surface area contributed by atoms with Crippen LogP contribution in [0.1, 0.15) is 27.7 Å². The van der Waals surface area contributed by atoms with Crippen LogP contribution in [0.15, 0.2) is 0 Å². The molecule has 0 radical (unpaired) electrons. The molecule has 19 heavy (non-hydrogen) atoms. The molecule has 6 nitrogen and oxygen atoms in total. The summed E-state index contributed by atoms with van der Waals surface area (Å²) in [5.74, 6) is -0.874. The van der Waals surface area contributed by atoms with Gasteiger partial charge in [0.05, 0.1) is 16.1 Å². The smallest absolute Gasteiger partial charge is 0.329 e. The van der Waals surface area contributed by atoms with E-state index in [-0.39, 0.29) is 12.4 Å². The van der Waals surface area contributed by atoms with E-state index in [1.54, 1.807) is 20.8 Å². The summed E-state index contributed by atoms with van der Waals surface area (Å²) in [6.45, 7) is 8.20. The topological polar surface area (TPSA) is 83.9 Å². The average Bonchev–Trinajstić information content (AvgIpc) is 2.18. The number of sulfone groups is 1. The first-order valence-corrected chi connectivity index (χ1v) is 7.91. The summed E-state index contributed by atoms with van der Waals surface area (Å²) in [4.78, 5) is 12.4. The van der Waals surface area contributed by atoms with Crippen LogP contribution in [0.5, 0.6) is 0 Å². The maximum atomic E-state index is 11.9. The third-order valence-electron chi connectivity index (χ3n) is 3.27. The lowest BCUT2D eigenvalue weighted by Gasteiger charge is -2.47. The molecule has 0 unspecified atom stereocenters. The third-order valence-corrected chi connectivity index (χ3v) is 5.86. The summed E-state index contributed by atoms with van der Waals surface area (Å²) in [6.07, 6.45) is 0. The highest BCUT2D eigenvalue weighted by atomic mass is 32.2. The molecule has 0 atom stereocenters. The Morgan fingerprint density at radius 3 is 2.32 bits per heavy atom. The van der Waals surface area contributed by atoms with Crippen LogP contribution >= 0.6 is 0 Å². The highest BCUT2D eigenvalue weighted by molar-refractivity contribution is 7.92. The number of nitrogens with zero attached hydrogens (tertiary/aromatic N) is 1. The van der Waals surface area contributed by atoms with Gasteiger partial charge in [-0.1, -0.05) is 0 Å². The van der Waals surface area contributed by atoms with Crippen molar-refractivity contribution in [1.82, 2.24) is 4.90 Å². The third kappa shape index (κ3) is 4.43. The van der Waals surface area contributed by atoms with Crippen molar-refractivity contribution in [2.24, 2.45) is 0 Å². The van der Waals surface area contributed by atoms with Crippen molar-refractivity contribution in [3.05, 3.63) is 0 Å². The first-order chi connectivity index (χ1) is 8.45. The van der Waals surface area contributed by atoms with Crippen LogP contribution in [0.4, 0.5) is 0 Å². The highest BCUT2D eigenvalue weighted by Gasteiger charge is 2.41. The van der Waals surface area contributed by atoms with Gasteiger partial charge in [0.25, 0.3) is 0 Å². The van der Waals surface area contributed by atoms with Gasteiger partial charge in [-0.2, -0.15) is 0 Å². The lowest BCUT2D eigenvalue weighted by molar-refractivity contribution is -0.164. The van der Waals surface area contributed by atoms with Gasteiger partial charge in [0.2, 0.25) is 0 Å². The minimum atomic E-state index is -3.11. The predicted octanol–water partition coefficient (Wildman–Crippen LogP) is 0.375. The molecule has 0 aromatic carbocycles. The predicted molar refractivity (Wildman–Crippen MR) is 72.0 cm³/mol. The van der Waals surface area contributed by atoms with Crippen molar-refractivity contribution in [2.75, 3.05) is 32.0 Å². The van der Waals surface area contributed by atoms with Gasteiger partial charge >= 0.3 is 5.97 Å². The Morgan fingerprint density at radius 1 is 1.37 bits per heavy atom. The normalized spacial score (nSPS) is 20.0. The Balaban J connectivity index is 2.35. The Morgan fingerprint density at radius 2 is 1.89 bits per heavy atom. The number of rotatable bonds is 6. The zero-order chi connectivity index (χ0) is 14.9. The largest absolute Gasteiger partial charge is 0.480 e. The molecule has 0 aromatic heterocycles. The molecule has 0 saturated carbocycles. The maximum Gasteiger partial charge on any atom is 0.329 e. The quantitative estimate of drug-likeness (QED) is 0.762. The van der Waals surface area contributed by atoms with E-state index < -0.39 is 26.2 Å². The van der Waals surface area contributed by atoms with Crippen molar-refractivity contribution < 1.29 is 23.1 Å². The molecule has 0 aromatic rings. The van der Waals surface area contributed by atoms with E-state index in [1.165, 1.54) is 0 Å². The van der Waals surface area contributed by atoms with Crippen molar-refractivity contribution in [3.63, 3.8) is 0 Å². The number of hydrogen-bond donors (Lipinski definition) is 1. The molecular weight excluding hydrogens is 270 g/mol. The van der Waals surface area contributed by atoms with E-state index in [0.717, 1.165) is 0 Å². The molecule has 0 amide bonds. The second kappa shape index (κ2) is 5.38. The van der Waals surface area contributed by atoms with E-state index in [0.29, 0.717) is 19.6 Å². The molecule has 0 aliphatic carbocycles. The zero-order valence-corrected chi connectivity index (χ0v) is 12.8. The number of carboxylic acid groups (broad SMARTS) is 1. The second-order valence-electron chi connectivity index (χ2n) is 6.27. The molecule has 0 spiro atoms. The molecule has 7 heteroatoms. The standard InChI is InChI=1S/C12H23NO5S/c1-11(2,3)19(16,17)6-5-13-8-12(4,9-13)18-7-10(14)15/h5-9H2,1-4H3,(H,14,15). The number of likely N-dealkylation sites (tertiary alicyclic amines) is 1. The van der Waals surface area contributed by atoms with E-state index in [9.17, 15) is 13.2 Å². The number of carbonyl (C=O) groups is 1. The van der Waals surface area contributed by atoms with Gasteiger partial charge in [-0.25, -0.2) is 13.2 Å². The van der Waals surface area contributed by atoms with E-state index in [1.807, 2.05) is 11.8 Å². The molecule has 0 bridgehead atoms. The van der Waals surface area contributed by atoms with Gasteiger partial charge in [0.1, 0.15) is 6.61 Å². The maximum absolute atomic E-state index is 11.9. The van der Waals surface area contributed by atoms with Crippen LogP contribution in [0.25, 0.3) is 0 Å². The minimum absolute atomic E-state index is 0.117. The number of hydrogen-bond acceptors (Lipinski definition) is 5. The van der Waals surface area contributed by atoms with Crippen LogP contribution in [0.2, 0.25) is 0 Å². The second-order valence-corrected chi connectivity index (χ2v) is 9.14. The van der Waals surface area contributed by atoms with Crippen LogP contribution in [0.3, 0.4) is 0 Å². The average molecular weight is 293 g/mol. The fourth-order valence-electron chi connectivity index (χ4n) is 1.94. The van der Waals surface area contributed by atoms with E-state index >= 15 is 0 Å². The Labute approximate surface area is 114 Å². The van der Waals surface area contributed by atoms with Crippen LogP contribution in [-0.4, -0.2) is 66.7 Å². The molecule has 1 N–H and O–H groups in total. The van der Waals surface area contributed by atoms with Gasteiger partial charge in [0, 0.05) is 19.6 Å². The van der Waals surface area contributed by atoms with Crippen molar-refractivity contribution in [1.29, 1.82) is 0 Å². The van der Waals surface area contributed by atoms with Crippen molar-refractivity contribution in [2.45, 2.75) is 38.0 Å². The van der Waals surface area contributed by atoms with E-state index in [4.69, 9.17) is 9.84 Å². The van der Waals surface area contributed by atoms with Gasteiger partial charge in [-0.3, -0.25) is 4.90 Å². The Bertz CT molecular complexity index is 432. The number of carboxylic acids is 1. The van der Waals surface area contributed by atoms with Crippen LogP contribution in [-0.2, 0) is 19.4 Å². The molecular formula is C12H23NO5S. The van der Waals surface area contributed by atoms with Crippen LogP contribution < -0.4 is 0 Å². The Hall–Kier alpha value is -0.660. The SMILES string of the molecule is CC1(OCC(=O)O)CN(CCS(=O)(=O)C(C)(C)C)C1. The van der Waals surface area contributed by atoms with Gasteiger partial charge in [0.15, 0.2) is 9.84 Å². The van der Waals surface area contributed by atoms with Gasteiger partial charge in [-0.05, 0) is 27.7 Å². The summed E-state index contributed by atoms with van der Waals surface area (Å²) in [5.41, 5.74) is -0.468. The molecule has 112 valence electrons. The zero-order valence-electron chi connectivity index (χ0n) is 12.0.